The third-order valence-corrected chi connectivity index (χ3v) is 3.64. The van der Waals surface area contributed by atoms with Crippen LogP contribution in [-0.4, -0.2) is 41.0 Å². The molecule has 1 rings (SSSR count). The maximum Gasteiger partial charge on any atom is 0.130 e. The number of hydrogen-bond acceptors (Lipinski definition) is 4. The van der Waals surface area contributed by atoms with Crippen LogP contribution in [0.1, 0.15) is 43.0 Å². The molecule has 0 aliphatic heterocycles. The Labute approximate surface area is 117 Å². The molecule has 19 heavy (non-hydrogen) atoms. The molecule has 0 aliphatic carbocycles. The van der Waals surface area contributed by atoms with Gasteiger partial charge in [-0.3, -0.25) is 0 Å². The van der Waals surface area contributed by atoms with Crippen LogP contribution in [-0.2, 0) is 12.8 Å². The van der Waals surface area contributed by atoms with Crippen LogP contribution in [0.15, 0.2) is 0 Å². The SMILES string of the molecule is CCN(CC)CCc1nc(C)c(CCCN)c(C)n1. The third kappa shape index (κ3) is 4.88. The average molecular weight is 264 g/mol. The van der Waals surface area contributed by atoms with Crippen LogP contribution in [0.5, 0.6) is 0 Å². The minimum absolute atomic E-state index is 0.725. The van der Waals surface area contributed by atoms with Gasteiger partial charge in [-0.1, -0.05) is 13.8 Å². The lowest BCUT2D eigenvalue weighted by atomic mass is 10.1. The molecule has 0 fully saturated rings. The number of rotatable bonds is 8. The third-order valence-electron chi connectivity index (χ3n) is 3.64. The van der Waals surface area contributed by atoms with Crippen molar-refractivity contribution >= 4 is 0 Å². The molecular formula is C15H28N4. The van der Waals surface area contributed by atoms with E-state index in [1.807, 2.05) is 0 Å². The van der Waals surface area contributed by atoms with Gasteiger partial charge < -0.3 is 10.6 Å². The molecule has 0 spiro atoms. The first-order chi connectivity index (χ1) is 9.12. The minimum Gasteiger partial charge on any atom is -0.330 e. The highest BCUT2D eigenvalue weighted by Gasteiger charge is 2.09. The molecular weight excluding hydrogens is 236 g/mol. The lowest BCUT2D eigenvalue weighted by molar-refractivity contribution is 0.305. The Kier molecular flexibility index (Phi) is 6.95. The Balaban J connectivity index is 2.71. The zero-order chi connectivity index (χ0) is 14.3. The van der Waals surface area contributed by atoms with E-state index < -0.39 is 0 Å². The lowest BCUT2D eigenvalue weighted by Gasteiger charge is -2.18. The van der Waals surface area contributed by atoms with Crippen LogP contribution < -0.4 is 5.73 Å². The number of likely N-dealkylation sites (N-methyl/N-ethyl adjacent to an activating group) is 1. The Morgan fingerprint density at radius 1 is 1.00 bits per heavy atom. The van der Waals surface area contributed by atoms with Gasteiger partial charge in [0.25, 0.3) is 0 Å². The van der Waals surface area contributed by atoms with Gasteiger partial charge in [0.15, 0.2) is 0 Å². The highest BCUT2D eigenvalue weighted by molar-refractivity contribution is 5.24. The maximum atomic E-state index is 5.57. The monoisotopic (exact) mass is 264 g/mol. The van der Waals surface area contributed by atoms with Crippen LogP contribution in [0.2, 0.25) is 0 Å². The summed E-state index contributed by atoms with van der Waals surface area (Å²) < 4.78 is 0. The van der Waals surface area contributed by atoms with E-state index in [0.29, 0.717) is 0 Å². The Morgan fingerprint density at radius 3 is 2.05 bits per heavy atom. The first-order valence-electron chi connectivity index (χ1n) is 7.37. The van der Waals surface area contributed by atoms with Gasteiger partial charge in [0.05, 0.1) is 0 Å². The molecule has 0 aromatic carbocycles. The van der Waals surface area contributed by atoms with E-state index in [4.69, 9.17) is 5.73 Å². The Bertz CT molecular complexity index is 363. The van der Waals surface area contributed by atoms with Gasteiger partial charge >= 0.3 is 0 Å². The van der Waals surface area contributed by atoms with Crippen molar-refractivity contribution in [3.63, 3.8) is 0 Å². The number of aryl methyl sites for hydroxylation is 2. The average Bonchev–Trinajstić information content (AvgIpc) is 2.39. The maximum absolute atomic E-state index is 5.57. The summed E-state index contributed by atoms with van der Waals surface area (Å²) in [5.74, 6) is 0.971. The lowest BCUT2D eigenvalue weighted by Crippen LogP contribution is -2.26. The van der Waals surface area contributed by atoms with E-state index >= 15 is 0 Å². The van der Waals surface area contributed by atoms with E-state index in [0.717, 1.165) is 62.7 Å². The van der Waals surface area contributed by atoms with Crippen molar-refractivity contribution in [3.05, 3.63) is 22.8 Å². The second kappa shape index (κ2) is 8.23. The fraction of sp³-hybridized carbons (Fsp3) is 0.733. The molecule has 4 nitrogen and oxygen atoms in total. The van der Waals surface area contributed by atoms with Crippen LogP contribution >= 0.6 is 0 Å². The normalized spacial score (nSPS) is 11.3. The second-order valence-electron chi connectivity index (χ2n) is 4.96. The van der Waals surface area contributed by atoms with Crippen molar-refractivity contribution < 1.29 is 0 Å². The summed E-state index contributed by atoms with van der Waals surface area (Å²) in [5.41, 5.74) is 9.09. The second-order valence-corrected chi connectivity index (χ2v) is 4.96. The molecule has 4 heteroatoms. The summed E-state index contributed by atoms with van der Waals surface area (Å²) in [4.78, 5) is 11.7. The van der Waals surface area contributed by atoms with Gasteiger partial charge in [0.2, 0.25) is 0 Å². The van der Waals surface area contributed by atoms with E-state index in [1.165, 1.54) is 5.56 Å². The molecule has 2 N–H and O–H groups in total. The van der Waals surface area contributed by atoms with Gasteiger partial charge in [-0.2, -0.15) is 0 Å². The molecule has 1 heterocycles. The van der Waals surface area contributed by atoms with E-state index in [9.17, 15) is 0 Å². The summed E-state index contributed by atoms with van der Waals surface area (Å²) in [7, 11) is 0. The van der Waals surface area contributed by atoms with Crippen molar-refractivity contribution in [2.24, 2.45) is 5.73 Å². The van der Waals surface area contributed by atoms with Gasteiger partial charge in [0.1, 0.15) is 5.82 Å². The summed E-state index contributed by atoms with van der Waals surface area (Å²) in [6.07, 6.45) is 2.93. The standard InChI is InChI=1S/C15H28N4/c1-5-19(6-2)11-9-15-17-12(3)14(8-7-10-16)13(4)18-15/h5-11,16H2,1-4H3. The number of nitrogens with zero attached hydrogens (tertiary/aromatic N) is 3. The largest absolute Gasteiger partial charge is 0.330 e. The van der Waals surface area contributed by atoms with Crippen LogP contribution in [0, 0.1) is 13.8 Å². The molecule has 0 unspecified atom stereocenters. The van der Waals surface area contributed by atoms with Crippen molar-refractivity contribution in [1.82, 2.24) is 14.9 Å². The summed E-state index contributed by atoms with van der Waals surface area (Å²) in [6.45, 7) is 12.5. The molecule has 0 atom stereocenters. The molecule has 0 radical (unpaired) electrons. The van der Waals surface area contributed by atoms with Crippen molar-refractivity contribution in [3.8, 4) is 0 Å². The number of hydrogen-bond donors (Lipinski definition) is 1. The molecule has 0 saturated carbocycles. The summed E-state index contributed by atoms with van der Waals surface area (Å²) in [6, 6.07) is 0. The predicted molar refractivity (Wildman–Crippen MR) is 80.4 cm³/mol. The van der Waals surface area contributed by atoms with Gasteiger partial charge in [0, 0.05) is 24.4 Å². The molecule has 0 saturated heterocycles. The molecule has 0 amide bonds. The van der Waals surface area contributed by atoms with Crippen LogP contribution in [0.3, 0.4) is 0 Å². The summed E-state index contributed by atoms with van der Waals surface area (Å²) >= 11 is 0. The van der Waals surface area contributed by atoms with E-state index in [1.54, 1.807) is 0 Å². The van der Waals surface area contributed by atoms with Crippen LogP contribution in [0.4, 0.5) is 0 Å². The molecule has 108 valence electrons. The first kappa shape index (κ1) is 16.1. The molecule has 1 aromatic rings. The first-order valence-corrected chi connectivity index (χ1v) is 7.37. The zero-order valence-corrected chi connectivity index (χ0v) is 12.9. The van der Waals surface area contributed by atoms with Gasteiger partial charge in [-0.25, -0.2) is 9.97 Å². The Morgan fingerprint density at radius 2 is 1.58 bits per heavy atom. The topological polar surface area (TPSA) is 55.0 Å². The van der Waals surface area contributed by atoms with Crippen LogP contribution in [0.25, 0.3) is 0 Å². The zero-order valence-electron chi connectivity index (χ0n) is 12.9. The van der Waals surface area contributed by atoms with Gasteiger partial charge in [-0.15, -0.1) is 0 Å². The van der Waals surface area contributed by atoms with E-state index in [-0.39, 0.29) is 0 Å². The fourth-order valence-corrected chi connectivity index (χ4v) is 2.36. The summed E-state index contributed by atoms with van der Waals surface area (Å²) in [5, 5.41) is 0. The minimum atomic E-state index is 0.725. The molecule has 1 aromatic heterocycles. The van der Waals surface area contributed by atoms with Gasteiger partial charge in [-0.05, 0) is 51.9 Å². The number of aromatic nitrogens is 2. The highest BCUT2D eigenvalue weighted by atomic mass is 15.1. The molecule has 0 aliphatic rings. The Hall–Kier alpha value is -1.00. The van der Waals surface area contributed by atoms with Crippen molar-refractivity contribution in [2.45, 2.75) is 47.0 Å². The molecule has 0 bridgehead atoms. The van der Waals surface area contributed by atoms with Crippen molar-refractivity contribution in [1.29, 1.82) is 0 Å². The van der Waals surface area contributed by atoms with Crippen molar-refractivity contribution in [2.75, 3.05) is 26.2 Å². The smallest absolute Gasteiger partial charge is 0.130 e. The highest BCUT2D eigenvalue weighted by Crippen LogP contribution is 2.12. The number of nitrogens with two attached hydrogens (primary N) is 1. The predicted octanol–water partition coefficient (Wildman–Crippen LogP) is 1.87. The fourth-order valence-electron chi connectivity index (χ4n) is 2.36. The van der Waals surface area contributed by atoms with E-state index in [2.05, 4.69) is 42.6 Å². The quantitative estimate of drug-likeness (QED) is 0.779.